The Hall–Kier alpha value is -2.12. The minimum absolute atomic E-state index is 0.185. The average Bonchev–Trinajstić information content (AvgIpc) is 2.71. The summed E-state index contributed by atoms with van der Waals surface area (Å²) in [4.78, 5) is 22.9. The van der Waals surface area contributed by atoms with Gasteiger partial charge in [-0.2, -0.15) is 0 Å². The zero-order chi connectivity index (χ0) is 19.7. The second-order valence-electron chi connectivity index (χ2n) is 7.61. The van der Waals surface area contributed by atoms with Crippen LogP contribution in [0.2, 0.25) is 0 Å². The van der Waals surface area contributed by atoms with Crippen LogP contribution in [0, 0.1) is 6.92 Å². The van der Waals surface area contributed by atoms with Crippen LogP contribution in [-0.2, 0) is 14.1 Å². The topological polar surface area (TPSA) is 84.9 Å². The Morgan fingerprint density at radius 3 is 2.27 bits per heavy atom. The van der Waals surface area contributed by atoms with Crippen molar-refractivity contribution in [3.63, 3.8) is 0 Å². The Bertz CT molecular complexity index is 738. The van der Waals surface area contributed by atoms with Crippen LogP contribution in [0.15, 0.2) is 23.7 Å². The van der Waals surface area contributed by atoms with Crippen molar-refractivity contribution in [1.29, 1.82) is 0 Å². The van der Waals surface area contributed by atoms with Crippen molar-refractivity contribution in [3.8, 4) is 0 Å². The predicted octanol–water partition coefficient (Wildman–Crippen LogP) is 2.84. The minimum Gasteiger partial charge on any atom is -0.478 e. The third-order valence-corrected chi connectivity index (χ3v) is 4.88. The molecule has 1 saturated heterocycles. The first-order valence-corrected chi connectivity index (χ1v) is 8.57. The molecule has 0 saturated carbocycles. The van der Waals surface area contributed by atoms with Gasteiger partial charge in [0.15, 0.2) is 0 Å². The van der Waals surface area contributed by atoms with Crippen LogP contribution in [0.25, 0.3) is 6.08 Å². The predicted molar refractivity (Wildman–Crippen MR) is 101 cm³/mol. The van der Waals surface area contributed by atoms with E-state index in [4.69, 9.17) is 9.31 Å². The van der Waals surface area contributed by atoms with E-state index >= 15 is 0 Å². The molecule has 2 N–H and O–H groups in total. The van der Waals surface area contributed by atoms with E-state index in [0.717, 1.165) is 5.56 Å². The van der Waals surface area contributed by atoms with Crippen molar-refractivity contribution < 1.29 is 24.0 Å². The summed E-state index contributed by atoms with van der Waals surface area (Å²) >= 11 is 0. The van der Waals surface area contributed by atoms with Crippen molar-refractivity contribution in [3.05, 3.63) is 40.4 Å². The monoisotopic (exact) mass is 359 g/mol. The third-order valence-electron chi connectivity index (χ3n) is 4.88. The molecular weight excluding hydrogens is 333 g/mol. The average molecular weight is 359 g/mol. The lowest BCUT2D eigenvalue weighted by molar-refractivity contribution is -0.118. The molecule has 7 heteroatoms. The van der Waals surface area contributed by atoms with Gasteiger partial charge in [-0.25, -0.2) is 4.79 Å². The molecule has 0 unspecified atom stereocenters. The Balaban J connectivity index is 2.46. The molecule has 1 fully saturated rings. The van der Waals surface area contributed by atoms with Gasteiger partial charge in [-0.15, -0.1) is 0 Å². The summed E-state index contributed by atoms with van der Waals surface area (Å²) in [5.41, 5.74) is 1.27. The molecule has 0 spiro atoms. The van der Waals surface area contributed by atoms with E-state index in [0.29, 0.717) is 11.0 Å². The maximum atomic E-state index is 11.5. The van der Waals surface area contributed by atoms with Gasteiger partial charge >= 0.3 is 13.1 Å². The van der Waals surface area contributed by atoms with Crippen LogP contribution < -0.4 is 5.32 Å². The Labute approximate surface area is 154 Å². The number of benzene rings is 1. The highest BCUT2D eigenvalue weighted by Crippen LogP contribution is 2.38. The molecule has 26 heavy (non-hydrogen) atoms. The highest BCUT2D eigenvalue weighted by Gasteiger charge is 2.52. The number of aromatic carboxylic acids is 1. The second-order valence-corrected chi connectivity index (χ2v) is 7.61. The Kier molecular flexibility index (Phi) is 5.63. The maximum absolute atomic E-state index is 11.5. The van der Waals surface area contributed by atoms with E-state index in [1.807, 2.05) is 34.6 Å². The van der Waals surface area contributed by atoms with Crippen molar-refractivity contribution in [2.75, 3.05) is 6.54 Å². The van der Waals surface area contributed by atoms with Crippen molar-refractivity contribution >= 4 is 25.1 Å². The first-order chi connectivity index (χ1) is 11.9. The van der Waals surface area contributed by atoms with Gasteiger partial charge in [0, 0.05) is 13.5 Å². The van der Waals surface area contributed by atoms with Gasteiger partial charge in [-0.3, -0.25) is 4.79 Å². The van der Waals surface area contributed by atoms with Gasteiger partial charge in [0.1, 0.15) is 0 Å². The molecule has 0 bridgehead atoms. The molecule has 140 valence electrons. The fourth-order valence-corrected chi connectivity index (χ4v) is 2.62. The first kappa shape index (κ1) is 20.2. The number of rotatable bonds is 5. The summed E-state index contributed by atoms with van der Waals surface area (Å²) in [5, 5.41) is 12.2. The molecule has 0 atom stereocenters. The van der Waals surface area contributed by atoms with Gasteiger partial charge in [0.25, 0.3) is 0 Å². The fraction of sp³-hybridized carbons (Fsp3) is 0.474. The number of aryl methyl sites for hydroxylation is 1. The van der Waals surface area contributed by atoms with Crippen LogP contribution in [-0.4, -0.2) is 41.8 Å². The number of nitrogens with one attached hydrogen (secondary N) is 1. The third kappa shape index (κ3) is 4.34. The van der Waals surface area contributed by atoms with E-state index in [9.17, 15) is 14.7 Å². The number of carbonyl (C=O) groups excluding carboxylic acids is 1. The Morgan fingerprint density at radius 1 is 1.19 bits per heavy atom. The zero-order valence-corrected chi connectivity index (χ0v) is 16.2. The lowest BCUT2D eigenvalue weighted by atomic mass is 9.76. The van der Waals surface area contributed by atoms with Gasteiger partial charge < -0.3 is 19.7 Å². The molecule has 1 aliphatic heterocycles. The molecule has 1 heterocycles. The smallest absolute Gasteiger partial charge is 0.478 e. The van der Waals surface area contributed by atoms with Gasteiger partial charge in [0.05, 0.1) is 16.8 Å². The van der Waals surface area contributed by atoms with Crippen molar-refractivity contribution in [2.45, 2.75) is 52.7 Å². The summed E-state index contributed by atoms with van der Waals surface area (Å²) in [7, 11) is -0.672. The molecule has 0 aromatic heterocycles. The lowest BCUT2D eigenvalue weighted by Gasteiger charge is -2.32. The van der Waals surface area contributed by atoms with Crippen LogP contribution in [0.5, 0.6) is 0 Å². The van der Waals surface area contributed by atoms with E-state index < -0.39 is 24.3 Å². The summed E-state index contributed by atoms with van der Waals surface area (Å²) in [6.07, 6.45) is 1.73. The summed E-state index contributed by atoms with van der Waals surface area (Å²) < 4.78 is 12.1. The van der Waals surface area contributed by atoms with Crippen molar-refractivity contribution in [1.82, 2.24) is 5.32 Å². The maximum Gasteiger partial charge on any atom is 0.492 e. The first-order valence-electron chi connectivity index (χ1n) is 8.57. The molecular formula is C19H26BNO5. The van der Waals surface area contributed by atoms with Crippen LogP contribution in [0.4, 0.5) is 0 Å². The summed E-state index contributed by atoms with van der Waals surface area (Å²) in [6.45, 7) is 11.3. The molecule has 1 aromatic carbocycles. The zero-order valence-electron chi connectivity index (χ0n) is 16.2. The number of carboxylic acids is 1. The number of carboxylic acid groups (broad SMARTS) is 1. The highest BCUT2D eigenvalue weighted by molar-refractivity contribution is 6.56. The van der Waals surface area contributed by atoms with E-state index in [1.165, 1.54) is 6.92 Å². The number of carbonyl (C=O) groups is 2. The molecule has 1 amide bonds. The number of amides is 1. The summed E-state index contributed by atoms with van der Waals surface area (Å²) in [5.74, 6) is -1.20. The molecule has 0 radical (unpaired) electrons. The van der Waals surface area contributed by atoms with E-state index in [-0.39, 0.29) is 18.0 Å². The SMILES string of the molecule is CC(=O)NCC(=Cc1cc(C)ccc1C(=O)O)B1OC(C)(C)C(C)(C)O1. The van der Waals surface area contributed by atoms with Gasteiger partial charge in [-0.1, -0.05) is 23.8 Å². The number of hydrogen-bond acceptors (Lipinski definition) is 4. The normalized spacial score (nSPS) is 18.7. The Morgan fingerprint density at radius 2 is 1.77 bits per heavy atom. The van der Waals surface area contributed by atoms with E-state index in [1.54, 1.807) is 24.3 Å². The minimum atomic E-state index is -1.01. The number of hydrogen-bond donors (Lipinski definition) is 2. The molecule has 6 nitrogen and oxygen atoms in total. The van der Waals surface area contributed by atoms with Crippen LogP contribution >= 0.6 is 0 Å². The van der Waals surface area contributed by atoms with Crippen LogP contribution in [0.1, 0.15) is 56.1 Å². The second kappa shape index (κ2) is 7.25. The molecule has 2 rings (SSSR count). The largest absolute Gasteiger partial charge is 0.492 e. The van der Waals surface area contributed by atoms with Gasteiger partial charge in [-0.05, 0) is 51.7 Å². The molecule has 0 aliphatic carbocycles. The lowest BCUT2D eigenvalue weighted by Crippen LogP contribution is -2.41. The molecule has 1 aliphatic rings. The van der Waals surface area contributed by atoms with Crippen molar-refractivity contribution in [2.24, 2.45) is 0 Å². The fourth-order valence-electron chi connectivity index (χ4n) is 2.62. The quantitative estimate of drug-likeness (QED) is 0.790. The highest BCUT2D eigenvalue weighted by atomic mass is 16.7. The standard InChI is InChI=1S/C19H26BNO5/c1-12-7-8-16(17(23)24)14(9-12)10-15(11-21-13(2)22)20-25-18(3,4)19(5,6)26-20/h7-10H,11H2,1-6H3,(H,21,22)(H,23,24). The van der Waals surface area contributed by atoms with E-state index in [2.05, 4.69) is 5.32 Å². The van der Waals surface area contributed by atoms with Crippen LogP contribution in [0.3, 0.4) is 0 Å². The summed E-state index contributed by atoms with van der Waals surface area (Å²) in [6, 6.07) is 5.12. The van der Waals surface area contributed by atoms with Gasteiger partial charge in [0.2, 0.25) is 5.91 Å². The molecule has 1 aromatic rings.